The molecule has 4 rings (SSSR count). The van der Waals surface area contributed by atoms with E-state index in [4.69, 9.17) is 0 Å². The van der Waals surface area contributed by atoms with Crippen LogP contribution in [0.1, 0.15) is 17.5 Å². The standard InChI is InChI=1S/C21H20FN5O3S/c1-31(29,30)16-4-2-3-13(9-16)11-23-20-17(22)12-24-21(27-20)25-15-6-7-18-14(10-15)5-8-19(28)26-18/h2-4,6-7,9-10,12H,5,8,11H2,1H3,(H,26,28)(H2,23,24,25,27). The maximum absolute atomic E-state index is 14.2. The van der Waals surface area contributed by atoms with E-state index >= 15 is 0 Å². The molecule has 0 aliphatic carbocycles. The Kier molecular flexibility index (Phi) is 5.55. The van der Waals surface area contributed by atoms with Gasteiger partial charge in [0, 0.05) is 30.6 Å². The van der Waals surface area contributed by atoms with Gasteiger partial charge >= 0.3 is 0 Å². The molecule has 1 amide bonds. The lowest BCUT2D eigenvalue weighted by Gasteiger charge is -2.18. The van der Waals surface area contributed by atoms with E-state index in [0.29, 0.717) is 24.1 Å². The van der Waals surface area contributed by atoms with Crippen molar-refractivity contribution >= 4 is 38.9 Å². The SMILES string of the molecule is CS(=O)(=O)c1cccc(CNc2nc(Nc3ccc4c(c3)CCC(=O)N4)ncc2F)c1. The summed E-state index contributed by atoms with van der Waals surface area (Å²) >= 11 is 0. The van der Waals surface area contributed by atoms with E-state index in [0.717, 1.165) is 23.7 Å². The van der Waals surface area contributed by atoms with Gasteiger partial charge in [0.1, 0.15) is 0 Å². The highest BCUT2D eigenvalue weighted by atomic mass is 32.2. The number of amides is 1. The maximum Gasteiger partial charge on any atom is 0.229 e. The summed E-state index contributed by atoms with van der Waals surface area (Å²) in [6.45, 7) is 0.190. The quantitative estimate of drug-likeness (QED) is 0.538. The van der Waals surface area contributed by atoms with Crippen LogP contribution in [0.25, 0.3) is 0 Å². The zero-order valence-electron chi connectivity index (χ0n) is 16.6. The lowest BCUT2D eigenvalue weighted by Crippen LogP contribution is -2.18. The first kappa shape index (κ1) is 20.7. The zero-order chi connectivity index (χ0) is 22.0. The number of benzene rings is 2. The Labute approximate surface area is 178 Å². The number of rotatable bonds is 6. The second-order valence-corrected chi connectivity index (χ2v) is 9.22. The second-order valence-electron chi connectivity index (χ2n) is 7.21. The molecule has 0 saturated carbocycles. The molecule has 1 aliphatic heterocycles. The molecule has 0 saturated heterocycles. The Morgan fingerprint density at radius 2 is 2.00 bits per heavy atom. The number of nitrogens with one attached hydrogen (secondary N) is 3. The van der Waals surface area contributed by atoms with Crippen molar-refractivity contribution in [2.24, 2.45) is 0 Å². The first-order valence-corrected chi connectivity index (χ1v) is 11.4. The van der Waals surface area contributed by atoms with E-state index in [1.165, 1.54) is 12.1 Å². The normalized spacial score (nSPS) is 13.3. The highest BCUT2D eigenvalue weighted by Crippen LogP contribution is 2.27. The Morgan fingerprint density at radius 1 is 1.16 bits per heavy atom. The number of aromatic nitrogens is 2. The number of halogens is 1. The largest absolute Gasteiger partial charge is 0.363 e. The zero-order valence-corrected chi connectivity index (χ0v) is 17.5. The number of carbonyl (C=O) groups excluding carboxylic acids is 1. The highest BCUT2D eigenvalue weighted by molar-refractivity contribution is 7.90. The van der Waals surface area contributed by atoms with Crippen molar-refractivity contribution in [3.05, 3.63) is 65.6 Å². The fourth-order valence-corrected chi connectivity index (χ4v) is 3.90. The predicted octanol–water partition coefficient (Wildman–Crippen LogP) is 3.26. The van der Waals surface area contributed by atoms with Gasteiger partial charge in [0.2, 0.25) is 11.9 Å². The van der Waals surface area contributed by atoms with Gasteiger partial charge in [-0.05, 0) is 47.9 Å². The summed E-state index contributed by atoms with van der Waals surface area (Å²) in [4.78, 5) is 19.8. The molecule has 8 nitrogen and oxygen atoms in total. The van der Waals surface area contributed by atoms with Crippen LogP contribution in [-0.4, -0.2) is 30.5 Å². The Hall–Kier alpha value is -3.53. The number of sulfone groups is 1. The van der Waals surface area contributed by atoms with Gasteiger partial charge in [-0.15, -0.1) is 0 Å². The number of hydrogen-bond acceptors (Lipinski definition) is 7. The molecule has 3 N–H and O–H groups in total. The number of carbonyl (C=O) groups is 1. The van der Waals surface area contributed by atoms with Crippen molar-refractivity contribution in [1.29, 1.82) is 0 Å². The topological polar surface area (TPSA) is 113 Å². The number of nitrogens with zero attached hydrogens (tertiary/aromatic N) is 2. The molecule has 2 aromatic carbocycles. The monoisotopic (exact) mass is 441 g/mol. The molecule has 10 heteroatoms. The van der Waals surface area contributed by atoms with E-state index in [1.54, 1.807) is 24.3 Å². The van der Waals surface area contributed by atoms with Crippen LogP contribution >= 0.6 is 0 Å². The van der Waals surface area contributed by atoms with Crippen LogP contribution in [0.2, 0.25) is 0 Å². The number of anilines is 4. The molecule has 0 unspecified atom stereocenters. The summed E-state index contributed by atoms with van der Waals surface area (Å²) in [7, 11) is -3.33. The van der Waals surface area contributed by atoms with E-state index < -0.39 is 15.7 Å². The summed E-state index contributed by atoms with van der Waals surface area (Å²) in [6, 6.07) is 11.9. The van der Waals surface area contributed by atoms with E-state index in [-0.39, 0.29) is 29.1 Å². The van der Waals surface area contributed by atoms with Crippen LogP contribution in [0, 0.1) is 5.82 Å². The molecule has 31 heavy (non-hydrogen) atoms. The average Bonchev–Trinajstić information content (AvgIpc) is 2.74. The van der Waals surface area contributed by atoms with Gasteiger partial charge < -0.3 is 16.0 Å². The summed E-state index contributed by atoms with van der Waals surface area (Å²) in [5.74, 6) is -0.438. The van der Waals surface area contributed by atoms with Gasteiger partial charge in [0.05, 0.1) is 11.1 Å². The van der Waals surface area contributed by atoms with E-state index in [9.17, 15) is 17.6 Å². The fourth-order valence-electron chi connectivity index (χ4n) is 3.21. The summed E-state index contributed by atoms with van der Waals surface area (Å²) in [5.41, 5.74) is 3.16. The third-order valence-electron chi connectivity index (χ3n) is 4.79. The van der Waals surface area contributed by atoms with Gasteiger partial charge in [0.15, 0.2) is 21.5 Å². The molecule has 2 heterocycles. The van der Waals surface area contributed by atoms with Crippen LogP contribution < -0.4 is 16.0 Å². The first-order chi connectivity index (χ1) is 14.8. The minimum absolute atomic E-state index is 0.00661. The number of fused-ring (bicyclic) bond motifs is 1. The first-order valence-electron chi connectivity index (χ1n) is 9.53. The van der Waals surface area contributed by atoms with Crippen molar-refractivity contribution in [3.8, 4) is 0 Å². The molecule has 1 aliphatic rings. The van der Waals surface area contributed by atoms with E-state index in [1.807, 2.05) is 6.07 Å². The van der Waals surface area contributed by atoms with Crippen molar-refractivity contribution < 1.29 is 17.6 Å². The van der Waals surface area contributed by atoms with Crippen molar-refractivity contribution in [1.82, 2.24) is 9.97 Å². The van der Waals surface area contributed by atoms with Crippen molar-refractivity contribution in [3.63, 3.8) is 0 Å². The molecular formula is C21H20FN5O3S. The van der Waals surface area contributed by atoms with Crippen molar-refractivity contribution in [2.75, 3.05) is 22.2 Å². The molecule has 0 fully saturated rings. The minimum Gasteiger partial charge on any atom is -0.363 e. The molecule has 1 aromatic heterocycles. The third-order valence-corrected chi connectivity index (χ3v) is 5.90. The lowest BCUT2D eigenvalue weighted by atomic mass is 10.0. The molecule has 0 bridgehead atoms. The van der Waals surface area contributed by atoms with E-state index in [2.05, 4.69) is 25.9 Å². The smallest absolute Gasteiger partial charge is 0.229 e. The number of hydrogen-bond donors (Lipinski definition) is 3. The second kappa shape index (κ2) is 8.31. The lowest BCUT2D eigenvalue weighted by molar-refractivity contribution is -0.116. The van der Waals surface area contributed by atoms with Crippen LogP contribution in [0.5, 0.6) is 0 Å². The molecule has 0 radical (unpaired) electrons. The summed E-state index contributed by atoms with van der Waals surface area (Å²) in [5, 5.41) is 8.74. The summed E-state index contributed by atoms with van der Waals surface area (Å²) < 4.78 is 37.6. The van der Waals surface area contributed by atoms with Gasteiger partial charge in [0.25, 0.3) is 0 Å². The van der Waals surface area contributed by atoms with Crippen LogP contribution in [0.15, 0.2) is 53.6 Å². The molecule has 0 spiro atoms. The van der Waals surface area contributed by atoms with Gasteiger partial charge in [-0.1, -0.05) is 12.1 Å². The summed E-state index contributed by atoms with van der Waals surface area (Å²) in [6.07, 6.45) is 3.26. The molecule has 0 atom stereocenters. The maximum atomic E-state index is 14.2. The minimum atomic E-state index is -3.33. The predicted molar refractivity (Wildman–Crippen MR) is 116 cm³/mol. The number of aryl methyl sites for hydroxylation is 1. The third kappa shape index (κ3) is 4.97. The van der Waals surface area contributed by atoms with Gasteiger partial charge in [-0.25, -0.2) is 17.8 Å². The van der Waals surface area contributed by atoms with Crippen LogP contribution in [0.3, 0.4) is 0 Å². The van der Waals surface area contributed by atoms with Crippen LogP contribution in [0.4, 0.5) is 27.5 Å². The molecular weight excluding hydrogens is 421 g/mol. The average molecular weight is 441 g/mol. The van der Waals surface area contributed by atoms with Crippen molar-refractivity contribution in [2.45, 2.75) is 24.3 Å². The Balaban J connectivity index is 1.48. The fraction of sp³-hybridized carbons (Fsp3) is 0.190. The molecule has 3 aromatic rings. The Bertz CT molecular complexity index is 1260. The van der Waals surface area contributed by atoms with Gasteiger partial charge in [-0.2, -0.15) is 4.98 Å². The van der Waals surface area contributed by atoms with Crippen LogP contribution in [-0.2, 0) is 27.6 Å². The highest BCUT2D eigenvalue weighted by Gasteiger charge is 2.15. The van der Waals surface area contributed by atoms with Gasteiger partial charge in [-0.3, -0.25) is 4.79 Å². The Morgan fingerprint density at radius 3 is 2.81 bits per heavy atom. The molecule has 160 valence electrons.